The Morgan fingerprint density at radius 2 is 1.81 bits per heavy atom. The predicted molar refractivity (Wildman–Crippen MR) is 102 cm³/mol. The maximum absolute atomic E-state index is 12.6. The fourth-order valence-corrected chi connectivity index (χ4v) is 3.00. The first kappa shape index (κ1) is 17.9. The molecule has 0 aliphatic carbocycles. The molecule has 0 fully saturated rings. The maximum atomic E-state index is 12.6. The average molecular weight is 348 g/mol. The van der Waals surface area contributed by atoms with E-state index in [0.717, 1.165) is 22.5 Å². The highest BCUT2D eigenvalue weighted by atomic mass is 16.1. The summed E-state index contributed by atoms with van der Waals surface area (Å²) in [6.07, 6.45) is 3.91. The molecule has 0 saturated carbocycles. The van der Waals surface area contributed by atoms with E-state index in [4.69, 9.17) is 0 Å². The minimum Gasteiger partial charge on any atom is -0.345 e. The molecule has 0 unspecified atom stereocenters. The van der Waals surface area contributed by atoms with Gasteiger partial charge >= 0.3 is 0 Å². The first-order valence-electron chi connectivity index (χ1n) is 8.81. The average Bonchev–Trinajstić information content (AvgIpc) is 2.92. The van der Waals surface area contributed by atoms with Crippen molar-refractivity contribution in [3.8, 4) is 0 Å². The molecule has 0 aliphatic heterocycles. The van der Waals surface area contributed by atoms with Crippen LogP contribution in [0, 0.1) is 20.8 Å². The molecule has 0 bridgehead atoms. The molecule has 0 aliphatic rings. The molecule has 0 saturated heterocycles. The van der Waals surface area contributed by atoms with Gasteiger partial charge in [0, 0.05) is 31.1 Å². The van der Waals surface area contributed by atoms with Crippen LogP contribution in [-0.2, 0) is 11.3 Å². The molecule has 1 aromatic carbocycles. The van der Waals surface area contributed by atoms with Crippen molar-refractivity contribution in [3.05, 3.63) is 82.9 Å². The summed E-state index contributed by atoms with van der Waals surface area (Å²) in [4.78, 5) is 16.8. The summed E-state index contributed by atoms with van der Waals surface area (Å²) >= 11 is 0. The molecule has 1 amide bonds. The highest BCUT2D eigenvalue weighted by molar-refractivity contribution is 5.76. The van der Waals surface area contributed by atoms with E-state index in [1.807, 2.05) is 61.0 Å². The van der Waals surface area contributed by atoms with Crippen molar-refractivity contribution in [2.24, 2.45) is 0 Å². The highest BCUT2D eigenvalue weighted by Gasteiger charge is 2.17. The van der Waals surface area contributed by atoms with E-state index in [2.05, 4.69) is 22.3 Å². The lowest BCUT2D eigenvalue weighted by Crippen LogP contribution is -2.30. The van der Waals surface area contributed by atoms with Crippen LogP contribution in [0.2, 0.25) is 0 Å². The van der Waals surface area contributed by atoms with Gasteiger partial charge in [0.15, 0.2) is 0 Å². The number of carbonyl (C=O) groups is 1. The second kappa shape index (κ2) is 7.95. The first-order valence-corrected chi connectivity index (χ1v) is 8.81. The van der Waals surface area contributed by atoms with Crippen molar-refractivity contribution in [1.82, 2.24) is 20.1 Å². The number of aryl methyl sites for hydroxylation is 2. The largest absolute Gasteiger partial charge is 0.345 e. The Morgan fingerprint density at radius 1 is 1.08 bits per heavy atom. The molecule has 1 N–H and O–H groups in total. The minimum atomic E-state index is -0.209. The van der Waals surface area contributed by atoms with Gasteiger partial charge in [-0.05, 0) is 43.5 Å². The second-order valence-electron chi connectivity index (χ2n) is 6.47. The lowest BCUT2D eigenvalue weighted by Gasteiger charge is -2.19. The fourth-order valence-electron chi connectivity index (χ4n) is 3.00. The monoisotopic (exact) mass is 348 g/mol. The van der Waals surface area contributed by atoms with Gasteiger partial charge in [0.05, 0.1) is 11.7 Å². The van der Waals surface area contributed by atoms with Crippen LogP contribution < -0.4 is 5.32 Å². The van der Waals surface area contributed by atoms with Crippen molar-refractivity contribution in [2.45, 2.75) is 39.8 Å². The smallest absolute Gasteiger partial charge is 0.222 e. The van der Waals surface area contributed by atoms with Crippen molar-refractivity contribution in [2.75, 3.05) is 0 Å². The second-order valence-corrected chi connectivity index (χ2v) is 6.47. The highest BCUT2D eigenvalue weighted by Crippen LogP contribution is 2.21. The fraction of sp³-hybridized carbons (Fsp3) is 0.286. The van der Waals surface area contributed by atoms with Gasteiger partial charge in [-0.1, -0.05) is 36.4 Å². The van der Waals surface area contributed by atoms with Gasteiger partial charge in [-0.25, -0.2) is 0 Å². The summed E-state index contributed by atoms with van der Waals surface area (Å²) < 4.78 is 1.91. The van der Waals surface area contributed by atoms with Gasteiger partial charge in [0.2, 0.25) is 5.91 Å². The summed E-state index contributed by atoms with van der Waals surface area (Å²) in [7, 11) is 0. The van der Waals surface area contributed by atoms with E-state index < -0.39 is 0 Å². The van der Waals surface area contributed by atoms with Crippen molar-refractivity contribution in [3.63, 3.8) is 0 Å². The Morgan fingerprint density at radius 3 is 2.42 bits per heavy atom. The van der Waals surface area contributed by atoms with Gasteiger partial charge in [0.1, 0.15) is 0 Å². The van der Waals surface area contributed by atoms with E-state index in [0.29, 0.717) is 13.0 Å². The van der Waals surface area contributed by atoms with Gasteiger partial charge < -0.3 is 5.32 Å². The molecule has 134 valence electrons. The first-order chi connectivity index (χ1) is 12.6. The van der Waals surface area contributed by atoms with Crippen LogP contribution in [0.25, 0.3) is 0 Å². The van der Waals surface area contributed by atoms with Crippen molar-refractivity contribution < 1.29 is 4.79 Å². The molecule has 1 atom stereocenters. The third kappa shape index (κ3) is 3.99. The zero-order valence-corrected chi connectivity index (χ0v) is 15.4. The number of amides is 1. The van der Waals surface area contributed by atoms with E-state index in [1.54, 1.807) is 12.4 Å². The van der Waals surface area contributed by atoms with Crippen LogP contribution in [-0.4, -0.2) is 20.7 Å². The van der Waals surface area contributed by atoms with Crippen molar-refractivity contribution in [1.29, 1.82) is 0 Å². The van der Waals surface area contributed by atoms with Crippen LogP contribution in [0.1, 0.15) is 40.5 Å². The number of hydrogen-bond donors (Lipinski definition) is 1. The number of nitrogens with one attached hydrogen (secondary N) is 1. The molecular formula is C21H24N4O. The number of carbonyl (C=O) groups excluding carboxylic acids is 1. The lowest BCUT2D eigenvalue weighted by molar-refractivity contribution is -0.121. The van der Waals surface area contributed by atoms with Gasteiger partial charge in [-0.3, -0.25) is 14.5 Å². The Balaban J connectivity index is 1.72. The van der Waals surface area contributed by atoms with E-state index in [-0.39, 0.29) is 11.9 Å². The number of hydrogen-bond acceptors (Lipinski definition) is 3. The molecule has 0 radical (unpaired) electrons. The number of aromatic nitrogens is 3. The molecule has 2 aromatic heterocycles. The van der Waals surface area contributed by atoms with E-state index in [9.17, 15) is 4.79 Å². The molecule has 2 heterocycles. The SMILES string of the molecule is Cc1nn(CCC(=O)N[C@H](c2ccccc2)c2cccnc2)c(C)c1C. The number of nitrogens with zero attached hydrogens (tertiary/aromatic N) is 3. The quantitative estimate of drug-likeness (QED) is 0.742. The van der Waals surface area contributed by atoms with Gasteiger partial charge in [-0.15, -0.1) is 0 Å². The lowest BCUT2D eigenvalue weighted by atomic mass is 10.00. The Bertz CT molecular complexity index is 832. The molecule has 5 heteroatoms. The number of rotatable bonds is 6. The normalized spacial score (nSPS) is 12.0. The van der Waals surface area contributed by atoms with Crippen LogP contribution in [0.3, 0.4) is 0 Å². The van der Waals surface area contributed by atoms with Gasteiger partial charge in [0.25, 0.3) is 0 Å². The topological polar surface area (TPSA) is 59.8 Å². The molecule has 3 aromatic rings. The number of pyridine rings is 1. The third-order valence-corrected chi connectivity index (χ3v) is 4.75. The van der Waals surface area contributed by atoms with Crippen molar-refractivity contribution >= 4 is 5.91 Å². The van der Waals surface area contributed by atoms with Crippen LogP contribution in [0.4, 0.5) is 0 Å². The maximum Gasteiger partial charge on any atom is 0.222 e. The van der Waals surface area contributed by atoms with Gasteiger partial charge in [-0.2, -0.15) is 5.10 Å². The summed E-state index contributed by atoms with van der Waals surface area (Å²) in [5.41, 5.74) is 5.32. The molecule has 0 spiro atoms. The summed E-state index contributed by atoms with van der Waals surface area (Å²) in [5.74, 6) is -0.00656. The van der Waals surface area contributed by atoms with Crippen LogP contribution in [0.15, 0.2) is 54.9 Å². The molecular weight excluding hydrogens is 324 g/mol. The molecule has 3 rings (SSSR count). The third-order valence-electron chi connectivity index (χ3n) is 4.75. The summed E-state index contributed by atoms with van der Waals surface area (Å²) in [6, 6.07) is 13.6. The molecule has 5 nitrogen and oxygen atoms in total. The Kier molecular flexibility index (Phi) is 5.46. The van der Waals surface area contributed by atoms with Crippen LogP contribution in [0.5, 0.6) is 0 Å². The summed E-state index contributed by atoms with van der Waals surface area (Å²) in [6.45, 7) is 6.66. The van der Waals surface area contributed by atoms with Crippen LogP contribution >= 0.6 is 0 Å². The number of benzene rings is 1. The predicted octanol–water partition coefficient (Wildman–Crippen LogP) is 3.50. The zero-order chi connectivity index (χ0) is 18.5. The molecule has 26 heavy (non-hydrogen) atoms. The zero-order valence-electron chi connectivity index (χ0n) is 15.4. The summed E-state index contributed by atoms with van der Waals surface area (Å²) in [5, 5.41) is 7.64. The van der Waals surface area contributed by atoms with E-state index in [1.165, 1.54) is 5.56 Å². The standard InChI is InChI=1S/C21H24N4O/c1-15-16(2)24-25(17(15)3)13-11-20(26)23-21(18-8-5-4-6-9-18)19-10-7-12-22-14-19/h4-10,12,14,21H,11,13H2,1-3H3,(H,23,26)/t21-/m1/s1. The minimum absolute atomic E-state index is 0.00656. The Hall–Kier alpha value is -2.95. The Labute approximate surface area is 154 Å². The van der Waals surface area contributed by atoms with E-state index >= 15 is 0 Å².